The molecule has 186 valence electrons. The second-order valence-corrected chi connectivity index (χ2v) is 10.2. The molecule has 0 bridgehead atoms. The topological polar surface area (TPSA) is 124 Å². The molecule has 2 atom stereocenters. The number of benzene rings is 2. The monoisotopic (exact) mass is 490 g/mol. The maximum Gasteiger partial charge on any atom is 0.335 e. The number of carbonyl (C=O) groups is 1. The zero-order valence-corrected chi connectivity index (χ0v) is 20.3. The van der Waals surface area contributed by atoms with Crippen LogP contribution in [0.4, 0.5) is 4.39 Å². The van der Waals surface area contributed by atoms with Crippen LogP contribution >= 0.6 is 0 Å². The van der Waals surface area contributed by atoms with Crippen molar-refractivity contribution in [1.82, 2.24) is 14.8 Å². The van der Waals surface area contributed by atoms with Crippen LogP contribution < -0.4 is 4.74 Å². The van der Waals surface area contributed by atoms with E-state index in [9.17, 15) is 24.7 Å². The number of aliphatic hydroxyl groups is 1. The quantitative estimate of drug-likeness (QED) is 0.352. The molecule has 0 saturated heterocycles. The van der Waals surface area contributed by atoms with E-state index in [0.717, 1.165) is 33.1 Å². The Balaban J connectivity index is 1.89. The molecule has 0 aliphatic heterocycles. The van der Waals surface area contributed by atoms with Crippen LogP contribution in [0.5, 0.6) is 5.75 Å². The highest BCUT2D eigenvalue weighted by Gasteiger charge is 2.47. The van der Waals surface area contributed by atoms with Gasteiger partial charge in [-0.3, -0.25) is 5.10 Å². The first-order valence-corrected chi connectivity index (χ1v) is 11.8. The number of methoxy groups -OCH3 is 1. The number of nitriles is 1. The second kappa shape index (κ2) is 8.35. The number of hydrogen-bond acceptors (Lipinski definition) is 5. The lowest BCUT2D eigenvalue weighted by Gasteiger charge is -2.28. The molecule has 4 aromatic rings. The van der Waals surface area contributed by atoms with Gasteiger partial charge in [-0.2, -0.15) is 10.4 Å². The van der Waals surface area contributed by atoms with Crippen molar-refractivity contribution in [3.63, 3.8) is 0 Å². The smallest absolute Gasteiger partial charge is 0.335 e. The van der Waals surface area contributed by atoms with E-state index in [1.807, 2.05) is 30.5 Å². The maximum absolute atomic E-state index is 14.4. The summed E-state index contributed by atoms with van der Waals surface area (Å²) in [5.41, 5.74) is 1.54. The predicted molar refractivity (Wildman–Crippen MR) is 132 cm³/mol. The molecule has 3 N–H and O–H groups in total. The molecule has 0 spiro atoms. The number of halogens is 1. The number of hydrogen-bond donors (Lipinski definition) is 3. The van der Waals surface area contributed by atoms with Gasteiger partial charge in [-0.25, -0.2) is 9.18 Å². The van der Waals surface area contributed by atoms with Crippen LogP contribution in [-0.4, -0.2) is 43.7 Å². The van der Waals surface area contributed by atoms with E-state index in [1.165, 1.54) is 13.2 Å². The number of nitrogens with one attached hydrogen (secondary N) is 1. The van der Waals surface area contributed by atoms with Gasteiger partial charge in [0.2, 0.25) is 0 Å². The van der Waals surface area contributed by atoms with E-state index in [4.69, 9.17) is 4.74 Å². The number of carboxylic acids is 1. The molecule has 1 aliphatic rings. The van der Waals surface area contributed by atoms with Crippen LogP contribution in [0.3, 0.4) is 0 Å². The first-order chi connectivity index (χ1) is 17.1. The summed E-state index contributed by atoms with van der Waals surface area (Å²) in [6.07, 6.45) is 2.59. The van der Waals surface area contributed by atoms with E-state index < -0.39 is 22.8 Å². The largest absolute Gasteiger partial charge is 0.494 e. The molecular formula is C27H27FN4O4. The highest BCUT2D eigenvalue weighted by molar-refractivity contribution is 5.99. The van der Waals surface area contributed by atoms with E-state index in [1.54, 1.807) is 18.3 Å². The molecule has 9 heteroatoms. The Morgan fingerprint density at radius 2 is 2.17 bits per heavy atom. The number of ether oxygens (including phenoxy) is 1. The standard InChI is InChI=1S/C27H27FN4O4/c1-26(2,8-9-29)24-23(15-6-7-27(35,13-15)25(33)34)18-12-20-16(14-30-31-20)10-21(18)32(24)17-4-5-19(28)22(11-17)36-3/h4-5,10-12,14-15,35H,6-8,13H2,1-3H3,(H,30,31)(H,33,34)/t15?,27-/m0/s1. The third kappa shape index (κ3) is 3.60. The normalized spacial score (nSPS) is 20.2. The zero-order chi connectivity index (χ0) is 25.8. The Morgan fingerprint density at radius 3 is 2.83 bits per heavy atom. The fourth-order valence-electron chi connectivity index (χ4n) is 5.63. The highest BCUT2D eigenvalue weighted by Crippen LogP contribution is 2.50. The van der Waals surface area contributed by atoms with Crippen LogP contribution in [0.25, 0.3) is 27.5 Å². The van der Waals surface area contributed by atoms with Gasteiger partial charge in [0.25, 0.3) is 0 Å². The molecular weight excluding hydrogens is 463 g/mol. The molecule has 0 amide bonds. The van der Waals surface area contributed by atoms with Crippen molar-refractivity contribution in [3.05, 3.63) is 53.6 Å². The highest BCUT2D eigenvalue weighted by atomic mass is 19.1. The first kappa shape index (κ1) is 23.8. The Hall–Kier alpha value is -3.90. The number of aromatic nitrogens is 3. The number of nitrogens with zero attached hydrogens (tertiary/aromatic N) is 3. The third-order valence-electron chi connectivity index (χ3n) is 7.42. The lowest BCUT2D eigenvalue weighted by Crippen LogP contribution is -2.35. The fourth-order valence-corrected chi connectivity index (χ4v) is 5.63. The summed E-state index contributed by atoms with van der Waals surface area (Å²) in [7, 11) is 1.40. The number of H-pyrrole nitrogens is 1. The van der Waals surface area contributed by atoms with E-state index in [-0.39, 0.29) is 30.9 Å². The van der Waals surface area contributed by atoms with Crippen molar-refractivity contribution in [2.45, 2.75) is 56.5 Å². The Bertz CT molecular complexity index is 1550. The van der Waals surface area contributed by atoms with Crippen molar-refractivity contribution in [2.24, 2.45) is 0 Å². The van der Waals surface area contributed by atoms with Gasteiger partial charge >= 0.3 is 5.97 Å². The number of fused-ring (bicyclic) bond motifs is 2. The summed E-state index contributed by atoms with van der Waals surface area (Å²) in [5, 5.41) is 39.1. The Kier molecular flexibility index (Phi) is 5.52. The summed E-state index contributed by atoms with van der Waals surface area (Å²) in [6, 6.07) is 10.9. The number of carboxylic acid groups (broad SMARTS) is 1. The van der Waals surface area contributed by atoms with Crippen LogP contribution in [0, 0.1) is 17.1 Å². The molecule has 2 aromatic carbocycles. The molecule has 1 saturated carbocycles. The summed E-state index contributed by atoms with van der Waals surface area (Å²) < 4.78 is 21.6. The average Bonchev–Trinajstić information content (AvgIpc) is 3.53. The molecule has 5 rings (SSSR count). The van der Waals surface area contributed by atoms with Gasteiger partial charge in [0.1, 0.15) is 0 Å². The summed E-state index contributed by atoms with van der Waals surface area (Å²) in [6.45, 7) is 3.94. The second-order valence-electron chi connectivity index (χ2n) is 10.2. The summed E-state index contributed by atoms with van der Waals surface area (Å²) in [5.74, 6) is -1.89. The minimum Gasteiger partial charge on any atom is -0.494 e. The van der Waals surface area contributed by atoms with Crippen LogP contribution in [-0.2, 0) is 10.2 Å². The van der Waals surface area contributed by atoms with Crippen LogP contribution in [0.1, 0.15) is 56.7 Å². The van der Waals surface area contributed by atoms with Gasteiger partial charge in [0, 0.05) is 40.1 Å². The first-order valence-electron chi connectivity index (χ1n) is 11.8. The van der Waals surface area contributed by atoms with Crippen molar-refractivity contribution >= 4 is 27.8 Å². The van der Waals surface area contributed by atoms with Gasteiger partial charge in [-0.15, -0.1) is 0 Å². The molecule has 8 nitrogen and oxygen atoms in total. The number of aliphatic carboxylic acids is 1. The SMILES string of the molecule is COc1cc(-n2c(C(C)(C)CC#N)c(C3CC[C@@](O)(C(=O)O)C3)c3cc4[nH]ncc4cc32)ccc1F. The molecule has 1 fully saturated rings. The molecule has 1 aliphatic carbocycles. The summed E-state index contributed by atoms with van der Waals surface area (Å²) in [4.78, 5) is 11.9. The molecule has 2 aromatic heterocycles. The van der Waals surface area contributed by atoms with E-state index in [0.29, 0.717) is 12.1 Å². The average molecular weight is 491 g/mol. The molecule has 2 heterocycles. The third-order valence-corrected chi connectivity index (χ3v) is 7.42. The van der Waals surface area contributed by atoms with Gasteiger partial charge in [-0.05, 0) is 55.0 Å². The van der Waals surface area contributed by atoms with Crippen LogP contribution in [0.15, 0.2) is 36.5 Å². The zero-order valence-electron chi connectivity index (χ0n) is 20.3. The minimum absolute atomic E-state index is 0.0603. The lowest BCUT2D eigenvalue weighted by molar-refractivity contribution is -0.157. The van der Waals surface area contributed by atoms with E-state index in [2.05, 4.69) is 16.3 Å². The van der Waals surface area contributed by atoms with E-state index >= 15 is 0 Å². The van der Waals surface area contributed by atoms with Crippen molar-refractivity contribution in [2.75, 3.05) is 7.11 Å². The fraction of sp³-hybridized carbons (Fsp3) is 0.370. The molecule has 0 radical (unpaired) electrons. The lowest BCUT2D eigenvalue weighted by atomic mass is 9.79. The number of rotatable bonds is 6. The van der Waals surface area contributed by atoms with Gasteiger partial charge in [0.15, 0.2) is 17.2 Å². The van der Waals surface area contributed by atoms with Crippen molar-refractivity contribution < 1.29 is 24.1 Å². The summed E-state index contributed by atoms with van der Waals surface area (Å²) >= 11 is 0. The Morgan fingerprint density at radius 1 is 1.39 bits per heavy atom. The number of aromatic amines is 1. The predicted octanol–water partition coefficient (Wildman–Crippen LogP) is 4.93. The minimum atomic E-state index is -1.81. The van der Waals surface area contributed by atoms with Crippen molar-refractivity contribution in [1.29, 1.82) is 5.26 Å². The molecule has 1 unspecified atom stereocenters. The maximum atomic E-state index is 14.4. The van der Waals surface area contributed by atoms with Gasteiger partial charge in [0.05, 0.1) is 30.4 Å². The van der Waals surface area contributed by atoms with Gasteiger partial charge < -0.3 is 19.5 Å². The van der Waals surface area contributed by atoms with Gasteiger partial charge in [-0.1, -0.05) is 13.8 Å². The Labute approximate surface area is 206 Å². The molecule has 36 heavy (non-hydrogen) atoms. The van der Waals surface area contributed by atoms with Crippen LogP contribution in [0.2, 0.25) is 0 Å². The van der Waals surface area contributed by atoms with Crippen molar-refractivity contribution in [3.8, 4) is 17.5 Å².